The second-order valence-electron chi connectivity index (χ2n) is 5.70. The van der Waals surface area contributed by atoms with Crippen molar-refractivity contribution >= 4 is 0 Å². The van der Waals surface area contributed by atoms with Crippen LogP contribution in [0.25, 0.3) is 0 Å². The van der Waals surface area contributed by atoms with Crippen LogP contribution in [0.4, 0.5) is 4.39 Å². The lowest BCUT2D eigenvalue weighted by atomic mass is 9.77. The van der Waals surface area contributed by atoms with E-state index in [1.807, 2.05) is 6.07 Å². The highest BCUT2D eigenvalue weighted by atomic mass is 19.1. The Bertz CT molecular complexity index is 341. The molecule has 1 N–H and O–H groups in total. The molecule has 0 bridgehead atoms. The zero-order valence-corrected chi connectivity index (χ0v) is 11.4. The summed E-state index contributed by atoms with van der Waals surface area (Å²) in [5.41, 5.74) is 1.32. The van der Waals surface area contributed by atoms with Gasteiger partial charge >= 0.3 is 0 Å². The molecule has 0 saturated carbocycles. The molecule has 0 radical (unpaired) electrons. The molecule has 1 unspecified atom stereocenters. The maximum atomic E-state index is 13.2. The van der Waals surface area contributed by atoms with Crippen molar-refractivity contribution < 1.29 is 4.39 Å². The van der Waals surface area contributed by atoms with E-state index in [1.54, 1.807) is 12.1 Å². The minimum Gasteiger partial charge on any atom is -0.317 e. The third-order valence-electron chi connectivity index (χ3n) is 3.24. The summed E-state index contributed by atoms with van der Waals surface area (Å²) in [5, 5.41) is 3.40. The second kappa shape index (κ2) is 6.15. The molecule has 0 heterocycles. The lowest BCUT2D eigenvalue weighted by Gasteiger charge is -2.31. The zero-order valence-electron chi connectivity index (χ0n) is 11.4. The van der Waals surface area contributed by atoms with E-state index < -0.39 is 0 Å². The third kappa shape index (κ3) is 4.86. The topological polar surface area (TPSA) is 12.0 Å². The van der Waals surface area contributed by atoms with Gasteiger partial charge in [0.25, 0.3) is 0 Å². The molecule has 0 saturated heterocycles. The van der Waals surface area contributed by atoms with E-state index >= 15 is 0 Å². The monoisotopic (exact) mass is 237 g/mol. The van der Waals surface area contributed by atoms with E-state index in [2.05, 4.69) is 33.0 Å². The van der Waals surface area contributed by atoms with Crippen molar-refractivity contribution in [2.75, 3.05) is 13.1 Å². The van der Waals surface area contributed by atoms with Crippen LogP contribution >= 0.6 is 0 Å². The molecule has 2 heteroatoms. The van der Waals surface area contributed by atoms with Gasteiger partial charge in [-0.1, -0.05) is 39.8 Å². The van der Waals surface area contributed by atoms with Gasteiger partial charge in [-0.15, -0.1) is 0 Å². The van der Waals surface area contributed by atoms with Crippen molar-refractivity contribution in [3.05, 3.63) is 35.6 Å². The molecule has 1 rings (SSSR count). The van der Waals surface area contributed by atoms with Crippen molar-refractivity contribution in [3.8, 4) is 0 Å². The smallest absolute Gasteiger partial charge is 0.123 e. The van der Waals surface area contributed by atoms with Gasteiger partial charge in [0.2, 0.25) is 0 Å². The standard InChI is InChI=1S/C15H24FN/c1-5-17-11-13(15(2,3)4)9-12-7-6-8-14(16)10-12/h6-8,10,13,17H,5,9,11H2,1-4H3. The quantitative estimate of drug-likeness (QED) is 0.824. The van der Waals surface area contributed by atoms with E-state index in [0.717, 1.165) is 25.1 Å². The van der Waals surface area contributed by atoms with Crippen LogP contribution in [0, 0.1) is 17.2 Å². The summed E-state index contributed by atoms with van der Waals surface area (Å²) in [6, 6.07) is 6.94. The molecule has 1 nitrogen and oxygen atoms in total. The van der Waals surface area contributed by atoms with Gasteiger partial charge in [0.15, 0.2) is 0 Å². The normalized spacial score (nSPS) is 13.7. The van der Waals surface area contributed by atoms with Gasteiger partial charge in [-0.25, -0.2) is 4.39 Å². The van der Waals surface area contributed by atoms with Crippen molar-refractivity contribution in [2.45, 2.75) is 34.1 Å². The summed E-state index contributed by atoms with van der Waals surface area (Å²) in [6.45, 7) is 10.8. The Morgan fingerprint density at radius 3 is 2.53 bits per heavy atom. The molecule has 0 aliphatic rings. The Morgan fingerprint density at radius 2 is 2.00 bits per heavy atom. The number of hydrogen-bond donors (Lipinski definition) is 1. The third-order valence-corrected chi connectivity index (χ3v) is 3.24. The summed E-state index contributed by atoms with van der Waals surface area (Å²) in [7, 11) is 0. The lowest BCUT2D eigenvalue weighted by Crippen LogP contribution is -2.33. The number of halogens is 1. The first kappa shape index (κ1) is 14.2. The van der Waals surface area contributed by atoms with E-state index in [4.69, 9.17) is 0 Å². The molecule has 0 spiro atoms. The van der Waals surface area contributed by atoms with Gasteiger partial charge < -0.3 is 5.32 Å². The van der Waals surface area contributed by atoms with Crippen LogP contribution in [0.2, 0.25) is 0 Å². The molecule has 96 valence electrons. The van der Waals surface area contributed by atoms with Gasteiger partial charge in [-0.3, -0.25) is 0 Å². The summed E-state index contributed by atoms with van der Waals surface area (Å²) in [4.78, 5) is 0. The molecule has 0 aromatic heterocycles. The highest BCUT2D eigenvalue weighted by molar-refractivity contribution is 5.17. The van der Waals surface area contributed by atoms with Crippen molar-refractivity contribution in [2.24, 2.45) is 11.3 Å². The maximum absolute atomic E-state index is 13.2. The predicted octanol–water partition coefficient (Wildman–Crippen LogP) is 3.64. The highest BCUT2D eigenvalue weighted by Crippen LogP contribution is 2.28. The zero-order chi connectivity index (χ0) is 12.9. The average molecular weight is 237 g/mol. The molecule has 1 aromatic rings. The van der Waals surface area contributed by atoms with Gasteiger partial charge in [-0.2, -0.15) is 0 Å². The van der Waals surface area contributed by atoms with E-state index in [9.17, 15) is 4.39 Å². The number of nitrogens with one attached hydrogen (secondary N) is 1. The van der Waals surface area contributed by atoms with E-state index in [0.29, 0.717) is 5.92 Å². The molecule has 0 aliphatic carbocycles. The maximum Gasteiger partial charge on any atom is 0.123 e. The van der Waals surface area contributed by atoms with Gasteiger partial charge in [0, 0.05) is 0 Å². The fraction of sp³-hybridized carbons (Fsp3) is 0.600. The molecular weight excluding hydrogens is 213 g/mol. The van der Waals surface area contributed by atoms with Crippen LogP contribution in [-0.2, 0) is 6.42 Å². The van der Waals surface area contributed by atoms with Crippen LogP contribution in [-0.4, -0.2) is 13.1 Å². The Labute approximate surface area is 104 Å². The molecule has 0 aliphatic heterocycles. The van der Waals surface area contributed by atoms with Gasteiger partial charge in [0.1, 0.15) is 5.82 Å². The average Bonchev–Trinajstić information content (AvgIpc) is 2.22. The number of rotatable bonds is 5. The Hall–Kier alpha value is -0.890. The van der Waals surface area contributed by atoms with Crippen molar-refractivity contribution in [1.82, 2.24) is 5.32 Å². The second-order valence-corrected chi connectivity index (χ2v) is 5.70. The van der Waals surface area contributed by atoms with Crippen LogP contribution in [0.3, 0.4) is 0 Å². The van der Waals surface area contributed by atoms with Crippen molar-refractivity contribution in [1.29, 1.82) is 0 Å². The Balaban J connectivity index is 2.72. The fourth-order valence-corrected chi connectivity index (χ4v) is 1.95. The van der Waals surface area contributed by atoms with Crippen LogP contribution < -0.4 is 5.32 Å². The molecule has 0 amide bonds. The van der Waals surface area contributed by atoms with Crippen LogP contribution in [0.15, 0.2) is 24.3 Å². The lowest BCUT2D eigenvalue weighted by molar-refractivity contribution is 0.232. The first-order chi connectivity index (χ1) is 7.93. The van der Waals surface area contributed by atoms with Crippen LogP contribution in [0.1, 0.15) is 33.3 Å². The van der Waals surface area contributed by atoms with Gasteiger partial charge in [0.05, 0.1) is 0 Å². The van der Waals surface area contributed by atoms with E-state index in [-0.39, 0.29) is 11.2 Å². The Morgan fingerprint density at radius 1 is 1.29 bits per heavy atom. The molecule has 1 aromatic carbocycles. The number of benzene rings is 1. The fourth-order valence-electron chi connectivity index (χ4n) is 1.95. The molecule has 1 atom stereocenters. The first-order valence-electron chi connectivity index (χ1n) is 6.38. The SMILES string of the molecule is CCNCC(Cc1cccc(F)c1)C(C)(C)C. The minimum atomic E-state index is -0.140. The summed E-state index contributed by atoms with van der Waals surface area (Å²) < 4.78 is 13.2. The highest BCUT2D eigenvalue weighted by Gasteiger charge is 2.24. The molecule has 0 fully saturated rings. The van der Waals surface area contributed by atoms with E-state index in [1.165, 1.54) is 6.07 Å². The number of hydrogen-bond acceptors (Lipinski definition) is 1. The minimum absolute atomic E-state index is 0.140. The van der Waals surface area contributed by atoms with Crippen LogP contribution in [0.5, 0.6) is 0 Å². The summed E-state index contributed by atoms with van der Waals surface area (Å²) in [6.07, 6.45) is 0.925. The summed E-state index contributed by atoms with van der Waals surface area (Å²) in [5.74, 6) is 0.378. The first-order valence-corrected chi connectivity index (χ1v) is 6.38. The van der Waals surface area contributed by atoms with Gasteiger partial charge in [-0.05, 0) is 48.5 Å². The molecule has 17 heavy (non-hydrogen) atoms. The Kier molecular flexibility index (Phi) is 5.13. The largest absolute Gasteiger partial charge is 0.317 e. The molecular formula is C15H24FN. The predicted molar refractivity (Wildman–Crippen MR) is 71.6 cm³/mol. The summed E-state index contributed by atoms with van der Waals surface area (Å²) >= 11 is 0. The van der Waals surface area contributed by atoms with Crippen molar-refractivity contribution in [3.63, 3.8) is 0 Å².